The molecule has 104 valence electrons. The van der Waals surface area contributed by atoms with Crippen LogP contribution in [-0.4, -0.2) is 26.9 Å². The summed E-state index contributed by atoms with van der Waals surface area (Å²) in [5.41, 5.74) is 5.69. The van der Waals surface area contributed by atoms with Crippen molar-refractivity contribution in [2.24, 2.45) is 5.73 Å². The predicted octanol–water partition coefficient (Wildman–Crippen LogP) is 2.23. The molecular formula is C11H17N5O2S. The summed E-state index contributed by atoms with van der Waals surface area (Å²) in [5, 5.41) is 16.0. The summed E-state index contributed by atoms with van der Waals surface area (Å²) in [7, 11) is 0. The van der Waals surface area contributed by atoms with E-state index < -0.39 is 4.92 Å². The van der Waals surface area contributed by atoms with E-state index in [4.69, 9.17) is 5.73 Å². The zero-order chi connectivity index (χ0) is 13.8. The quantitative estimate of drug-likeness (QED) is 0.599. The number of nitro groups is 1. The van der Waals surface area contributed by atoms with Crippen molar-refractivity contribution in [3.63, 3.8) is 0 Å². The number of unbranched alkanes of at least 4 members (excludes halogenated alkanes) is 1. The van der Waals surface area contributed by atoms with Crippen LogP contribution in [0.15, 0.2) is 11.6 Å². The molecule has 19 heavy (non-hydrogen) atoms. The van der Waals surface area contributed by atoms with Gasteiger partial charge in [0.15, 0.2) is 0 Å². The molecule has 0 saturated heterocycles. The van der Waals surface area contributed by atoms with Crippen molar-refractivity contribution in [2.45, 2.75) is 32.2 Å². The van der Waals surface area contributed by atoms with Gasteiger partial charge in [0.1, 0.15) is 6.20 Å². The predicted molar refractivity (Wildman–Crippen MR) is 75.7 cm³/mol. The molecule has 1 unspecified atom stereocenters. The van der Waals surface area contributed by atoms with Gasteiger partial charge in [0, 0.05) is 18.0 Å². The van der Waals surface area contributed by atoms with Crippen molar-refractivity contribution >= 4 is 27.9 Å². The minimum Gasteiger partial charge on any atom is -0.359 e. The molecule has 2 heterocycles. The van der Waals surface area contributed by atoms with E-state index >= 15 is 0 Å². The Morgan fingerprint density at radius 2 is 2.47 bits per heavy atom. The Hall–Kier alpha value is -1.67. The maximum absolute atomic E-state index is 11.2. The molecule has 0 spiro atoms. The molecule has 3 N–H and O–H groups in total. The van der Waals surface area contributed by atoms with Crippen molar-refractivity contribution in [1.29, 1.82) is 0 Å². The van der Waals surface area contributed by atoms with Gasteiger partial charge in [-0.25, -0.2) is 0 Å². The van der Waals surface area contributed by atoms with E-state index in [2.05, 4.69) is 17.2 Å². The fourth-order valence-electron chi connectivity index (χ4n) is 1.94. The Balaban J connectivity index is 2.25. The first kappa shape index (κ1) is 13.8. The van der Waals surface area contributed by atoms with Crippen LogP contribution < -0.4 is 11.1 Å². The third kappa shape index (κ3) is 2.85. The third-order valence-electron chi connectivity index (χ3n) is 2.94. The van der Waals surface area contributed by atoms with Gasteiger partial charge in [0.25, 0.3) is 4.96 Å². The maximum atomic E-state index is 11.2. The standard InChI is InChI=1S/C11H17N5O2S/c1-2-3-4-8(7-12)13-9-10(16(17)18)15-5-6-19-11(15)14-9/h5-6,8,13H,2-4,7,12H2,1H3. The number of nitrogens with two attached hydrogens (primary N) is 1. The van der Waals surface area contributed by atoms with Crippen molar-refractivity contribution in [1.82, 2.24) is 9.38 Å². The van der Waals surface area contributed by atoms with Gasteiger partial charge in [0.05, 0.1) is 0 Å². The Kier molecular flexibility index (Phi) is 4.33. The van der Waals surface area contributed by atoms with E-state index in [0.29, 0.717) is 17.3 Å². The molecule has 0 saturated carbocycles. The summed E-state index contributed by atoms with van der Waals surface area (Å²) in [5.74, 6) is 0.287. The summed E-state index contributed by atoms with van der Waals surface area (Å²) >= 11 is 1.37. The van der Waals surface area contributed by atoms with Crippen LogP contribution in [0.2, 0.25) is 0 Å². The first-order valence-corrected chi connectivity index (χ1v) is 7.11. The van der Waals surface area contributed by atoms with Crippen LogP contribution >= 0.6 is 11.3 Å². The van der Waals surface area contributed by atoms with Crippen molar-refractivity contribution in [2.75, 3.05) is 11.9 Å². The summed E-state index contributed by atoms with van der Waals surface area (Å²) in [6, 6.07) is 0.0169. The first-order chi connectivity index (χ1) is 9.17. The van der Waals surface area contributed by atoms with Crippen molar-refractivity contribution in [3.05, 3.63) is 21.7 Å². The lowest BCUT2D eigenvalue weighted by Gasteiger charge is -2.15. The molecule has 8 heteroatoms. The number of aromatic nitrogens is 2. The third-order valence-corrected chi connectivity index (χ3v) is 3.70. The molecule has 0 aliphatic rings. The smallest absolute Gasteiger partial charge is 0.359 e. The summed E-state index contributed by atoms with van der Waals surface area (Å²) in [6.07, 6.45) is 4.64. The number of hydrogen-bond donors (Lipinski definition) is 2. The monoisotopic (exact) mass is 283 g/mol. The van der Waals surface area contributed by atoms with Gasteiger partial charge < -0.3 is 21.2 Å². The molecular weight excluding hydrogens is 266 g/mol. The molecule has 1 atom stereocenters. The number of thiazole rings is 1. The van der Waals surface area contributed by atoms with Gasteiger partial charge in [-0.1, -0.05) is 31.1 Å². The molecule has 0 amide bonds. The largest absolute Gasteiger partial charge is 0.372 e. The molecule has 0 bridgehead atoms. The number of nitrogens with zero attached hydrogens (tertiary/aromatic N) is 3. The highest BCUT2D eigenvalue weighted by atomic mass is 32.1. The van der Waals surface area contributed by atoms with Crippen molar-refractivity contribution < 1.29 is 4.92 Å². The number of anilines is 1. The minimum atomic E-state index is -0.414. The van der Waals surface area contributed by atoms with Crippen molar-refractivity contribution in [3.8, 4) is 0 Å². The van der Waals surface area contributed by atoms with Gasteiger partial charge in [-0.2, -0.15) is 9.38 Å². The van der Waals surface area contributed by atoms with Crippen LogP contribution in [0, 0.1) is 10.1 Å². The molecule has 0 aromatic carbocycles. The zero-order valence-corrected chi connectivity index (χ0v) is 11.5. The average molecular weight is 283 g/mol. The lowest BCUT2D eigenvalue weighted by atomic mass is 10.1. The van der Waals surface area contributed by atoms with E-state index in [1.54, 1.807) is 11.6 Å². The normalized spacial score (nSPS) is 12.7. The van der Waals surface area contributed by atoms with Gasteiger partial charge in [-0.3, -0.25) is 0 Å². The second kappa shape index (κ2) is 5.98. The highest BCUT2D eigenvalue weighted by Gasteiger charge is 2.24. The Bertz CT molecular complexity index is 564. The van der Waals surface area contributed by atoms with Gasteiger partial charge >= 0.3 is 5.82 Å². The molecule has 2 rings (SSSR count). The number of hydrogen-bond acceptors (Lipinski definition) is 6. The lowest BCUT2D eigenvalue weighted by Crippen LogP contribution is -2.29. The number of rotatable bonds is 7. The van der Waals surface area contributed by atoms with Crippen LogP contribution in [0.5, 0.6) is 0 Å². The van der Waals surface area contributed by atoms with E-state index in [0.717, 1.165) is 19.3 Å². The number of nitrogens with one attached hydrogen (secondary N) is 1. The molecule has 0 radical (unpaired) electrons. The van der Waals surface area contributed by atoms with Crippen LogP contribution in [0.4, 0.5) is 11.6 Å². The fourth-order valence-corrected chi connectivity index (χ4v) is 2.65. The molecule has 7 nitrogen and oxygen atoms in total. The van der Waals surface area contributed by atoms with E-state index in [1.807, 2.05) is 0 Å². The summed E-state index contributed by atoms with van der Waals surface area (Å²) in [4.78, 5) is 15.6. The van der Waals surface area contributed by atoms with Crippen LogP contribution in [0.25, 0.3) is 4.96 Å². The first-order valence-electron chi connectivity index (χ1n) is 6.24. The van der Waals surface area contributed by atoms with E-state index in [1.165, 1.54) is 15.7 Å². The van der Waals surface area contributed by atoms with Crippen LogP contribution in [-0.2, 0) is 0 Å². The minimum absolute atomic E-state index is 0.0169. The topological polar surface area (TPSA) is 98.5 Å². The molecule has 0 fully saturated rings. The lowest BCUT2D eigenvalue weighted by molar-refractivity contribution is -0.389. The average Bonchev–Trinajstić information content (AvgIpc) is 2.93. The van der Waals surface area contributed by atoms with Crippen LogP contribution in [0.3, 0.4) is 0 Å². The highest BCUT2D eigenvalue weighted by molar-refractivity contribution is 7.15. The molecule has 2 aromatic heterocycles. The second-order valence-corrected chi connectivity index (χ2v) is 5.19. The molecule has 2 aromatic rings. The van der Waals surface area contributed by atoms with Gasteiger partial charge in [-0.05, 0) is 11.3 Å². The number of imidazole rings is 1. The molecule has 0 aliphatic heterocycles. The Morgan fingerprint density at radius 3 is 3.11 bits per heavy atom. The Labute approximate surface area is 114 Å². The summed E-state index contributed by atoms with van der Waals surface area (Å²) in [6.45, 7) is 2.53. The van der Waals surface area contributed by atoms with Gasteiger partial charge in [0.2, 0.25) is 5.82 Å². The molecule has 0 aliphatic carbocycles. The fraction of sp³-hybridized carbons (Fsp3) is 0.545. The SMILES string of the molecule is CCCCC(CN)Nc1nc2sccn2c1[N+](=O)[O-]. The van der Waals surface area contributed by atoms with Crippen LogP contribution in [0.1, 0.15) is 26.2 Å². The summed E-state index contributed by atoms with van der Waals surface area (Å²) < 4.78 is 1.49. The Morgan fingerprint density at radius 1 is 1.68 bits per heavy atom. The highest BCUT2D eigenvalue weighted by Crippen LogP contribution is 2.28. The number of fused-ring (bicyclic) bond motifs is 1. The zero-order valence-electron chi connectivity index (χ0n) is 10.7. The second-order valence-electron chi connectivity index (χ2n) is 4.32. The van der Waals surface area contributed by atoms with E-state index in [9.17, 15) is 10.1 Å². The maximum Gasteiger partial charge on any atom is 0.372 e. The van der Waals surface area contributed by atoms with Gasteiger partial charge in [-0.15, -0.1) is 0 Å². The van der Waals surface area contributed by atoms with E-state index in [-0.39, 0.29) is 11.9 Å².